The fourth-order valence-electron chi connectivity index (χ4n) is 2.85. The van der Waals surface area contributed by atoms with Crippen molar-refractivity contribution in [1.29, 1.82) is 0 Å². The van der Waals surface area contributed by atoms with Crippen LogP contribution in [0, 0.1) is 0 Å². The number of benzene rings is 3. The largest absolute Gasteiger partial charge is 0.355 e. The van der Waals surface area contributed by atoms with Gasteiger partial charge in [0.2, 0.25) is 0 Å². The lowest BCUT2D eigenvalue weighted by atomic mass is 9.95. The topological polar surface area (TPSA) is 35.2 Å². The van der Waals surface area contributed by atoms with Crippen molar-refractivity contribution >= 4 is 0 Å². The summed E-state index contributed by atoms with van der Waals surface area (Å²) in [6, 6.07) is 30.7. The Morgan fingerprint density at radius 3 is 1.38 bits per heavy atom. The van der Waals surface area contributed by atoms with Gasteiger partial charge >= 0.3 is 0 Å². The first-order valence-corrected chi connectivity index (χ1v) is 8.28. The maximum Gasteiger partial charge on any atom is 0.125 e. The van der Waals surface area contributed by atoms with Gasteiger partial charge in [-0.05, 0) is 16.7 Å². The van der Waals surface area contributed by atoms with Gasteiger partial charge < -0.3 is 10.5 Å². The van der Waals surface area contributed by atoms with Crippen molar-refractivity contribution in [3.8, 4) is 0 Å². The maximum atomic E-state index is 6.69. The number of nitrogens with two attached hydrogens (primary N) is 1. The molecule has 0 atom stereocenters. The Kier molecular flexibility index (Phi) is 5.42. The molecule has 0 aliphatic rings. The fourth-order valence-corrected chi connectivity index (χ4v) is 2.85. The summed E-state index contributed by atoms with van der Waals surface area (Å²) < 4.78 is 6.20. The molecular formula is C22H23NO. The Balaban J connectivity index is 1.76. The van der Waals surface area contributed by atoms with Crippen LogP contribution in [0.15, 0.2) is 91.0 Å². The molecule has 0 aliphatic carbocycles. The third-order valence-electron chi connectivity index (χ3n) is 4.06. The maximum absolute atomic E-state index is 6.69. The van der Waals surface area contributed by atoms with Gasteiger partial charge in [-0.25, -0.2) is 0 Å². The molecule has 24 heavy (non-hydrogen) atoms. The SMILES string of the molecule is NC(Cc1ccccc1)(Cc1ccccc1)OCc1ccccc1. The van der Waals surface area contributed by atoms with Crippen LogP contribution in [-0.4, -0.2) is 5.72 Å². The minimum Gasteiger partial charge on any atom is -0.355 e. The van der Waals surface area contributed by atoms with E-state index in [1.54, 1.807) is 0 Å². The molecule has 0 heterocycles. The van der Waals surface area contributed by atoms with E-state index in [-0.39, 0.29) is 0 Å². The Bertz CT molecular complexity index is 684. The van der Waals surface area contributed by atoms with E-state index in [1.807, 2.05) is 54.6 Å². The van der Waals surface area contributed by atoms with E-state index >= 15 is 0 Å². The lowest BCUT2D eigenvalue weighted by Crippen LogP contribution is -2.47. The molecule has 0 spiro atoms. The fraction of sp³-hybridized carbons (Fsp3) is 0.182. The van der Waals surface area contributed by atoms with Gasteiger partial charge in [0, 0.05) is 12.8 Å². The Morgan fingerprint density at radius 1 is 0.583 bits per heavy atom. The van der Waals surface area contributed by atoms with Crippen molar-refractivity contribution in [1.82, 2.24) is 0 Å². The molecule has 0 saturated carbocycles. The molecular weight excluding hydrogens is 294 g/mol. The quantitative estimate of drug-likeness (QED) is 0.658. The zero-order valence-electron chi connectivity index (χ0n) is 13.8. The van der Waals surface area contributed by atoms with E-state index in [0.29, 0.717) is 19.4 Å². The molecule has 0 aromatic heterocycles. The van der Waals surface area contributed by atoms with Crippen molar-refractivity contribution in [3.05, 3.63) is 108 Å². The molecule has 0 amide bonds. The molecule has 0 unspecified atom stereocenters. The first-order valence-electron chi connectivity index (χ1n) is 8.28. The monoisotopic (exact) mass is 317 g/mol. The van der Waals surface area contributed by atoms with Crippen molar-refractivity contribution in [2.45, 2.75) is 25.2 Å². The lowest BCUT2D eigenvalue weighted by Gasteiger charge is -2.30. The predicted molar refractivity (Wildman–Crippen MR) is 98.4 cm³/mol. The van der Waals surface area contributed by atoms with Gasteiger partial charge in [-0.15, -0.1) is 0 Å². The molecule has 0 fully saturated rings. The van der Waals surface area contributed by atoms with Crippen LogP contribution < -0.4 is 5.73 Å². The molecule has 2 nitrogen and oxygen atoms in total. The summed E-state index contributed by atoms with van der Waals surface area (Å²) in [5, 5.41) is 0. The number of ether oxygens (including phenoxy) is 1. The average Bonchev–Trinajstić information content (AvgIpc) is 2.63. The molecule has 3 aromatic rings. The van der Waals surface area contributed by atoms with Crippen LogP contribution in [-0.2, 0) is 24.2 Å². The van der Waals surface area contributed by atoms with Crippen molar-refractivity contribution in [2.24, 2.45) is 5.73 Å². The lowest BCUT2D eigenvalue weighted by molar-refractivity contribution is -0.0520. The molecule has 2 N–H and O–H groups in total. The summed E-state index contributed by atoms with van der Waals surface area (Å²) in [4.78, 5) is 0. The highest BCUT2D eigenvalue weighted by molar-refractivity contribution is 5.21. The van der Waals surface area contributed by atoms with Gasteiger partial charge in [0.1, 0.15) is 5.72 Å². The van der Waals surface area contributed by atoms with E-state index < -0.39 is 5.72 Å². The van der Waals surface area contributed by atoms with Crippen molar-refractivity contribution in [2.75, 3.05) is 0 Å². The highest BCUT2D eigenvalue weighted by Crippen LogP contribution is 2.20. The molecule has 0 radical (unpaired) electrons. The molecule has 0 bridgehead atoms. The van der Waals surface area contributed by atoms with Crippen LogP contribution in [0.1, 0.15) is 16.7 Å². The third kappa shape index (κ3) is 4.79. The van der Waals surface area contributed by atoms with Crippen LogP contribution >= 0.6 is 0 Å². The smallest absolute Gasteiger partial charge is 0.125 e. The summed E-state index contributed by atoms with van der Waals surface area (Å²) in [5.41, 5.74) is 9.45. The van der Waals surface area contributed by atoms with Crippen LogP contribution in [0.3, 0.4) is 0 Å². The second kappa shape index (κ2) is 7.91. The standard InChI is InChI=1S/C22H23NO/c23-22(16-19-10-4-1-5-11-19,17-20-12-6-2-7-13-20)24-18-21-14-8-3-9-15-21/h1-15H,16-18,23H2. The van der Waals surface area contributed by atoms with E-state index in [0.717, 1.165) is 5.56 Å². The van der Waals surface area contributed by atoms with Gasteiger partial charge in [0.15, 0.2) is 0 Å². The van der Waals surface area contributed by atoms with Crippen LogP contribution in [0.2, 0.25) is 0 Å². The van der Waals surface area contributed by atoms with Crippen LogP contribution in [0.25, 0.3) is 0 Å². The predicted octanol–water partition coefficient (Wildman–Crippen LogP) is 4.34. The number of hydrogen-bond acceptors (Lipinski definition) is 2. The first-order chi connectivity index (χ1) is 11.7. The summed E-state index contributed by atoms with van der Waals surface area (Å²) in [7, 11) is 0. The summed E-state index contributed by atoms with van der Waals surface area (Å²) in [6.45, 7) is 0.511. The van der Waals surface area contributed by atoms with Gasteiger partial charge in [-0.1, -0.05) is 91.0 Å². The minimum absolute atomic E-state index is 0.511. The van der Waals surface area contributed by atoms with Crippen LogP contribution in [0.5, 0.6) is 0 Å². The zero-order valence-corrected chi connectivity index (χ0v) is 13.8. The summed E-state index contributed by atoms with van der Waals surface area (Å²) in [6.07, 6.45) is 1.35. The molecule has 0 saturated heterocycles. The van der Waals surface area contributed by atoms with Gasteiger partial charge in [0.25, 0.3) is 0 Å². The second-order valence-corrected chi connectivity index (χ2v) is 6.16. The van der Waals surface area contributed by atoms with Crippen LogP contribution in [0.4, 0.5) is 0 Å². The van der Waals surface area contributed by atoms with Gasteiger partial charge in [-0.3, -0.25) is 0 Å². The Hall–Kier alpha value is -2.42. The normalized spacial score (nSPS) is 11.4. The Labute approximate surface area is 143 Å². The molecule has 0 aliphatic heterocycles. The van der Waals surface area contributed by atoms with Gasteiger partial charge in [-0.2, -0.15) is 0 Å². The summed E-state index contributed by atoms with van der Waals surface area (Å²) >= 11 is 0. The number of hydrogen-bond donors (Lipinski definition) is 1. The van der Waals surface area contributed by atoms with Crippen molar-refractivity contribution < 1.29 is 4.74 Å². The Morgan fingerprint density at radius 2 is 0.958 bits per heavy atom. The van der Waals surface area contributed by atoms with E-state index in [4.69, 9.17) is 10.5 Å². The first kappa shape index (κ1) is 16.4. The van der Waals surface area contributed by atoms with Crippen molar-refractivity contribution in [3.63, 3.8) is 0 Å². The third-order valence-corrected chi connectivity index (χ3v) is 4.06. The van der Waals surface area contributed by atoms with E-state index in [1.165, 1.54) is 11.1 Å². The highest BCUT2D eigenvalue weighted by atomic mass is 16.5. The van der Waals surface area contributed by atoms with Gasteiger partial charge in [0.05, 0.1) is 6.61 Å². The molecule has 122 valence electrons. The minimum atomic E-state index is -0.738. The zero-order chi connectivity index (χ0) is 16.7. The number of rotatable bonds is 7. The van der Waals surface area contributed by atoms with E-state index in [2.05, 4.69) is 36.4 Å². The average molecular weight is 317 g/mol. The highest BCUT2D eigenvalue weighted by Gasteiger charge is 2.27. The summed E-state index contributed by atoms with van der Waals surface area (Å²) in [5.74, 6) is 0. The molecule has 3 rings (SSSR count). The van der Waals surface area contributed by atoms with E-state index in [9.17, 15) is 0 Å². The molecule has 2 heteroatoms. The molecule has 3 aromatic carbocycles. The second-order valence-electron chi connectivity index (χ2n) is 6.16.